The number of anilines is 1. The first-order valence-corrected chi connectivity index (χ1v) is 3.80. The van der Waals surface area contributed by atoms with Gasteiger partial charge in [-0.2, -0.15) is 0 Å². The van der Waals surface area contributed by atoms with E-state index in [4.69, 9.17) is 0 Å². The van der Waals surface area contributed by atoms with Crippen LogP contribution in [0.25, 0.3) is 0 Å². The highest BCUT2D eigenvalue weighted by Gasteiger charge is 1.96. The van der Waals surface area contributed by atoms with Gasteiger partial charge >= 0.3 is 0 Å². The summed E-state index contributed by atoms with van der Waals surface area (Å²) in [7, 11) is 0. The lowest BCUT2D eigenvalue weighted by atomic mass is 10.1. The lowest BCUT2D eigenvalue weighted by Gasteiger charge is -2.04. The van der Waals surface area contributed by atoms with Gasteiger partial charge in [0.15, 0.2) is 0 Å². The van der Waals surface area contributed by atoms with Crippen LogP contribution in [0, 0.1) is 13.8 Å². The average Bonchev–Trinajstić information content (AvgIpc) is 1.96. The van der Waals surface area contributed by atoms with Gasteiger partial charge in [-0.3, -0.25) is 4.79 Å². The van der Waals surface area contributed by atoms with Crippen LogP contribution < -0.4 is 5.32 Å². The van der Waals surface area contributed by atoms with Crippen molar-refractivity contribution in [3.05, 3.63) is 36.2 Å². The van der Waals surface area contributed by atoms with E-state index < -0.39 is 0 Å². The molecule has 0 heterocycles. The van der Waals surface area contributed by atoms with Crippen molar-refractivity contribution in [2.75, 3.05) is 5.32 Å². The molecule has 0 aliphatic rings. The van der Waals surface area contributed by atoms with Crippen molar-refractivity contribution in [1.82, 2.24) is 0 Å². The predicted molar refractivity (Wildman–Crippen MR) is 49.9 cm³/mol. The first-order chi connectivity index (χ1) is 5.59. The van der Waals surface area contributed by atoms with Crippen molar-refractivity contribution in [3.8, 4) is 0 Å². The summed E-state index contributed by atoms with van der Waals surface area (Å²) in [5, 5.41) is 2.69. The Morgan fingerprint density at radius 3 is 2.67 bits per heavy atom. The molecule has 1 aromatic carbocycles. The normalized spacial score (nSPS) is 9.58. The lowest BCUT2D eigenvalue weighted by molar-refractivity contribution is -0.114. The summed E-state index contributed by atoms with van der Waals surface area (Å²) >= 11 is 0. The summed E-state index contributed by atoms with van der Waals surface area (Å²) in [6.07, 6.45) is 0. The smallest absolute Gasteiger partial charge is 0.221 e. The number of nitrogens with one attached hydrogen (secondary N) is 1. The molecule has 63 valence electrons. The molecule has 1 radical (unpaired) electrons. The molecule has 1 aromatic rings. The van der Waals surface area contributed by atoms with Crippen molar-refractivity contribution in [1.29, 1.82) is 0 Å². The molecule has 12 heavy (non-hydrogen) atoms. The molecule has 0 spiro atoms. The molecule has 0 atom stereocenters. The lowest BCUT2D eigenvalue weighted by Crippen LogP contribution is -2.05. The van der Waals surface area contributed by atoms with Crippen molar-refractivity contribution < 1.29 is 4.79 Å². The molecule has 2 nitrogen and oxygen atoms in total. The van der Waals surface area contributed by atoms with Crippen LogP contribution >= 0.6 is 0 Å². The molecular formula is C10H12NO. The van der Waals surface area contributed by atoms with Gasteiger partial charge in [0.05, 0.1) is 0 Å². The van der Waals surface area contributed by atoms with Gasteiger partial charge in [0.25, 0.3) is 0 Å². The van der Waals surface area contributed by atoms with Crippen LogP contribution in [0.3, 0.4) is 0 Å². The van der Waals surface area contributed by atoms with Gasteiger partial charge < -0.3 is 5.32 Å². The average molecular weight is 162 g/mol. The summed E-state index contributed by atoms with van der Waals surface area (Å²) in [4.78, 5) is 10.7. The minimum absolute atomic E-state index is 0.0572. The Hall–Kier alpha value is -1.31. The van der Waals surface area contributed by atoms with Gasteiger partial charge in [-0.1, -0.05) is 6.07 Å². The summed E-state index contributed by atoms with van der Waals surface area (Å²) in [5.74, 6) is -0.0572. The third kappa shape index (κ3) is 2.09. The fourth-order valence-corrected chi connectivity index (χ4v) is 0.952. The molecule has 0 unspecified atom stereocenters. The Morgan fingerprint density at radius 2 is 2.17 bits per heavy atom. The Kier molecular flexibility index (Phi) is 2.48. The van der Waals surface area contributed by atoms with Crippen LogP contribution in [-0.2, 0) is 4.79 Å². The maximum atomic E-state index is 10.7. The number of carbonyl (C=O) groups is 1. The quantitative estimate of drug-likeness (QED) is 0.673. The standard InChI is InChI=1S/C10H12NO/c1-7-4-5-10(6-8(7)2)11-9(3)12/h4-6H,2H2,1,3H3,(H,11,12). The van der Waals surface area contributed by atoms with Gasteiger partial charge in [0, 0.05) is 12.6 Å². The Morgan fingerprint density at radius 1 is 1.50 bits per heavy atom. The number of aryl methyl sites for hydroxylation is 1. The number of amides is 1. The SMILES string of the molecule is [CH2]c1cc(NC(C)=O)ccc1C. The number of rotatable bonds is 1. The number of benzene rings is 1. The Bertz CT molecular complexity index is 305. The van der Waals surface area contributed by atoms with E-state index >= 15 is 0 Å². The van der Waals surface area contributed by atoms with Crippen molar-refractivity contribution in [2.24, 2.45) is 0 Å². The molecule has 0 saturated heterocycles. The largest absolute Gasteiger partial charge is 0.326 e. The number of carbonyl (C=O) groups excluding carboxylic acids is 1. The molecule has 0 saturated carbocycles. The van der Waals surface area contributed by atoms with E-state index in [-0.39, 0.29) is 5.91 Å². The number of hydrogen-bond acceptors (Lipinski definition) is 1. The van der Waals surface area contributed by atoms with E-state index in [2.05, 4.69) is 12.2 Å². The molecule has 1 N–H and O–H groups in total. The number of hydrogen-bond donors (Lipinski definition) is 1. The van der Waals surface area contributed by atoms with Gasteiger partial charge in [-0.25, -0.2) is 0 Å². The van der Waals surface area contributed by atoms with Crippen molar-refractivity contribution >= 4 is 11.6 Å². The third-order valence-electron chi connectivity index (χ3n) is 1.67. The van der Waals surface area contributed by atoms with Crippen molar-refractivity contribution in [2.45, 2.75) is 13.8 Å². The van der Waals surface area contributed by atoms with Crippen LogP contribution in [0.5, 0.6) is 0 Å². The topological polar surface area (TPSA) is 29.1 Å². The third-order valence-corrected chi connectivity index (χ3v) is 1.67. The molecule has 1 rings (SSSR count). The Balaban J connectivity index is 2.89. The van der Waals surface area contributed by atoms with E-state index in [1.807, 2.05) is 25.1 Å². The van der Waals surface area contributed by atoms with Crippen LogP contribution in [0.2, 0.25) is 0 Å². The summed E-state index contributed by atoms with van der Waals surface area (Å²) in [6, 6.07) is 5.66. The highest BCUT2D eigenvalue weighted by atomic mass is 16.1. The van der Waals surface area contributed by atoms with Crippen LogP contribution in [0.15, 0.2) is 18.2 Å². The summed E-state index contributed by atoms with van der Waals surface area (Å²) in [6.45, 7) is 7.31. The molecule has 1 amide bonds. The van der Waals surface area contributed by atoms with Gasteiger partial charge in [0.2, 0.25) is 5.91 Å². The van der Waals surface area contributed by atoms with E-state index in [0.717, 1.165) is 16.8 Å². The summed E-state index contributed by atoms with van der Waals surface area (Å²) < 4.78 is 0. The van der Waals surface area contributed by atoms with Crippen molar-refractivity contribution in [3.63, 3.8) is 0 Å². The zero-order valence-corrected chi connectivity index (χ0v) is 7.35. The van der Waals surface area contributed by atoms with Gasteiger partial charge in [-0.15, -0.1) is 0 Å². The van der Waals surface area contributed by atoms with Crippen LogP contribution in [0.1, 0.15) is 18.1 Å². The highest BCUT2D eigenvalue weighted by Crippen LogP contribution is 2.13. The van der Waals surface area contributed by atoms with Crippen LogP contribution in [-0.4, -0.2) is 5.91 Å². The van der Waals surface area contributed by atoms with E-state index in [1.165, 1.54) is 6.92 Å². The fourth-order valence-electron chi connectivity index (χ4n) is 0.952. The van der Waals surface area contributed by atoms with Crippen LogP contribution in [0.4, 0.5) is 5.69 Å². The maximum absolute atomic E-state index is 10.7. The van der Waals surface area contributed by atoms with Gasteiger partial charge in [-0.05, 0) is 37.1 Å². The molecule has 0 aliphatic carbocycles. The fraction of sp³-hybridized carbons (Fsp3) is 0.200. The second-order valence-corrected chi connectivity index (χ2v) is 2.82. The zero-order chi connectivity index (χ0) is 9.14. The van der Waals surface area contributed by atoms with E-state index in [0.29, 0.717) is 0 Å². The van der Waals surface area contributed by atoms with E-state index in [1.54, 1.807) is 0 Å². The first kappa shape index (κ1) is 8.78. The first-order valence-electron chi connectivity index (χ1n) is 3.80. The molecule has 0 bridgehead atoms. The summed E-state index contributed by atoms with van der Waals surface area (Å²) in [5.41, 5.74) is 2.88. The molecule has 2 heteroatoms. The second kappa shape index (κ2) is 3.39. The highest BCUT2D eigenvalue weighted by molar-refractivity contribution is 5.88. The maximum Gasteiger partial charge on any atom is 0.221 e. The minimum atomic E-state index is -0.0572. The monoisotopic (exact) mass is 162 g/mol. The minimum Gasteiger partial charge on any atom is -0.326 e. The second-order valence-electron chi connectivity index (χ2n) is 2.82. The predicted octanol–water partition coefficient (Wildman–Crippen LogP) is 2.14. The zero-order valence-electron chi connectivity index (χ0n) is 7.35. The Labute approximate surface area is 72.6 Å². The molecule has 0 fully saturated rings. The van der Waals surface area contributed by atoms with E-state index in [9.17, 15) is 4.79 Å². The molecular weight excluding hydrogens is 150 g/mol. The molecule has 0 aromatic heterocycles. The molecule has 0 aliphatic heterocycles. The van der Waals surface area contributed by atoms with Gasteiger partial charge in [0.1, 0.15) is 0 Å².